The first-order valence-electron chi connectivity index (χ1n) is 12.1. The van der Waals surface area contributed by atoms with Gasteiger partial charge in [0, 0.05) is 31.9 Å². The lowest BCUT2D eigenvalue weighted by molar-refractivity contribution is -0.0799. The van der Waals surface area contributed by atoms with Crippen molar-refractivity contribution in [2.75, 3.05) is 37.7 Å². The Morgan fingerprint density at radius 3 is 2.61 bits per heavy atom. The number of morpholine rings is 1. The molecule has 11 heteroatoms. The number of benzene rings is 2. The Kier molecular flexibility index (Phi) is 5.39. The van der Waals surface area contributed by atoms with Crippen molar-refractivity contribution in [1.82, 2.24) is 25.1 Å². The molecule has 188 valence electrons. The summed E-state index contributed by atoms with van der Waals surface area (Å²) in [5.74, 6) is 0. The van der Waals surface area contributed by atoms with Crippen LogP contribution in [0, 0.1) is 13.8 Å². The third-order valence-corrected chi connectivity index (χ3v) is 9.18. The molecule has 0 bridgehead atoms. The normalized spacial score (nSPS) is 18.3. The number of aromatic nitrogens is 4. The Morgan fingerprint density at radius 2 is 1.89 bits per heavy atom. The monoisotopic (exact) mass is 508 g/mol. The SMILES string of the molecule is Cc1ccc(S(=O)(=O)c2n[nH]n3c2nc(=O)c2ccc(N4CCC5(CC4)CNCCO5)cc23)c(C)c1. The lowest BCUT2D eigenvalue weighted by Crippen LogP contribution is -2.55. The van der Waals surface area contributed by atoms with Gasteiger partial charge in [0.25, 0.3) is 5.56 Å². The summed E-state index contributed by atoms with van der Waals surface area (Å²) < 4.78 is 34.6. The molecule has 4 aromatic rings. The highest BCUT2D eigenvalue weighted by Crippen LogP contribution is 2.32. The van der Waals surface area contributed by atoms with Gasteiger partial charge in [0.1, 0.15) is 0 Å². The minimum Gasteiger partial charge on any atom is -0.372 e. The molecular weight excluding hydrogens is 480 g/mol. The van der Waals surface area contributed by atoms with E-state index >= 15 is 0 Å². The van der Waals surface area contributed by atoms with Crippen LogP contribution in [0.25, 0.3) is 16.6 Å². The van der Waals surface area contributed by atoms with Gasteiger partial charge in [-0.05, 0) is 56.5 Å². The number of aryl methyl sites for hydroxylation is 2. The summed E-state index contributed by atoms with van der Waals surface area (Å²) in [5, 5.41) is 10.5. The van der Waals surface area contributed by atoms with Gasteiger partial charge in [-0.2, -0.15) is 4.98 Å². The highest BCUT2D eigenvalue weighted by molar-refractivity contribution is 7.91. The average molecular weight is 509 g/mol. The number of piperidine rings is 1. The second-order valence-electron chi connectivity index (χ2n) is 9.76. The number of hydrogen-bond donors (Lipinski definition) is 2. The zero-order valence-electron chi connectivity index (χ0n) is 20.2. The third kappa shape index (κ3) is 3.69. The number of fused-ring (bicyclic) bond motifs is 3. The van der Waals surface area contributed by atoms with Crippen LogP contribution in [0.4, 0.5) is 5.69 Å². The number of rotatable bonds is 3. The second-order valence-corrected chi connectivity index (χ2v) is 11.6. The van der Waals surface area contributed by atoms with Crippen LogP contribution in [0.3, 0.4) is 0 Å². The van der Waals surface area contributed by atoms with Crippen molar-refractivity contribution in [1.29, 1.82) is 0 Å². The molecule has 0 aliphatic carbocycles. The molecule has 0 unspecified atom stereocenters. The van der Waals surface area contributed by atoms with Crippen molar-refractivity contribution in [3.05, 3.63) is 57.9 Å². The first kappa shape index (κ1) is 23.1. The Hall–Kier alpha value is -3.28. The van der Waals surface area contributed by atoms with Crippen molar-refractivity contribution in [3.8, 4) is 0 Å². The van der Waals surface area contributed by atoms with Crippen molar-refractivity contribution in [2.24, 2.45) is 0 Å². The van der Waals surface area contributed by atoms with Crippen LogP contribution in [0.15, 0.2) is 51.1 Å². The highest BCUT2D eigenvalue weighted by Gasteiger charge is 2.37. The number of anilines is 1. The highest BCUT2D eigenvalue weighted by atomic mass is 32.2. The molecule has 36 heavy (non-hydrogen) atoms. The number of nitrogens with one attached hydrogen (secondary N) is 2. The van der Waals surface area contributed by atoms with E-state index in [9.17, 15) is 13.2 Å². The maximum Gasteiger partial charge on any atom is 0.281 e. The number of sulfone groups is 1. The number of hydrogen-bond acceptors (Lipinski definition) is 8. The standard InChI is InChI=1S/C25H28N6O4S/c1-16-3-6-21(17(2)13-16)36(33,34)24-22-27-23(32)19-5-4-18(14-20(19)31(22)29-28-24)30-10-7-25(8-11-30)15-26-9-12-35-25/h3-6,13-14,26,29H,7-12,15H2,1-2H3. The van der Waals surface area contributed by atoms with Crippen molar-refractivity contribution >= 4 is 32.1 Å². The van der Waals surface area contributed by atoms with E-state index in [1.165, 1.54) is 4.52 Å². The smallest absolute Gasteiger partial charge is 0.281 e. The van der Waals surface area contributed by atoms with Gasteiger partial charge >= 0.3 is 0 Å². The molecule has 4 heterocycles. The lowest BCUT2D eigenvalue weighted by Gasteiger charge is -2.44. The summed E-state index contributed by atoms with van der Waals surface area (Å²) in [5.41, 5.74) is 2.45. The van der Waals surface area contributed by atoms with Crippen molar-refractivity contribution in [2.45, 2.75) is 42.2 Å². The minimum atomic E-state index is -4.00. The molecule has 2 aliphatic heterocycles. The quantitative estimate of drug-likeness (QED) is 0.431. The number of aromatic amines is 1. The molecule has 2 aliphatic rings. The van der Waals surface area contributed by atoms with E-state index in [0.717, 1.165) is 56.9 Å². The molecule has 0 amide bonds. The summed E-state index contributed by atoms with van der Waals surface area (Å²) in [6.07, 6.45) is 1.82. The molecule has 2 N–H and O–H groups in total. The van der Waals surface area contributed by atoms with Crippen LogP contribution in [0.5, 0.6) is 0 Å². The maximum absolute atomic E-state index is 13.5. The van der Waals surface area contributed by atoms with Gasteiger partial charge in [-0.25, -0.2) is 18.1 Å². The molecule has 0 saturated carbocycles. The second kappa shape index (κ2) is 8.39. The Bertz CT molecular complexity index is 1640. The summed E-state index contributed by atoms with van der Waals surface area (Å²) in [4.78, 5) is 19.4. The van der Waals surface area contributed by atoms with E-state index in [1.807, 2.05) is 19.1 Å². The molecule has 2 aromatic heterocycles. The van der Waals surface area contributed by atoms with E-state index in [0.29, 0.717) is 16.5 Å². The zero-order chi connectivity index (χ0) is 25.1. The van der Waals surface area contributed by atoms with E-state index in [1.54, 1.807) is 31.2 Å². The van der Waals surface area contributed by atoms with E-state index in [4.69, 9.17) is 4.74 Å². The Balaban J connectivity index is 1.41. The van der Waals surface area contributed by atoms with Crippen LogP contribution in [-0.2, 0) is 14.6 Å². The minimum absolute atomic E-state index is 0.0103. The number of H-pyrrole nitrogens is 1. The van der Waals surface area contributed by atoms with Gasteiger partial charge in [-0.1, -0.05) is 17.7 Å². The fourth-order valence-corrected chi connectivity index (χ4v) is 6.86. The van der Waals surface area contributed by atoms with Crippen molar-refractivity contribution in [3.63, 3.8) is 0 Å². The van der Waals surface area contributed by atoms with Gasteiger partial charge < -0.3 is 15.0 Å². The third-order valence-electron chi connectivity index (χ3n) is 7.36. The van der Waals surface area contributed by atoms with Crippen LogP contribution in [-0.4, -0.2) is 66.6 Å². The number of ether oxygens (including phenoxy) is 1. The Morgan fingerprint density at radius 1 is 1.08 bits per heavy atom. The zero-order valence-corrected chi connectivity index (χ0v) is 21.1. The van der Waals surface area contributed by atoms with Gasteiger partial charge in [0.2, 0.25) is 14.9 Å². The number of nitrogens with zero attached hydrogens (tertiary/aromatic N) is 4. The Labute approximate surface area is 208 Å². The lowest BCUT2D eigenvalue weighted by atomic mass is 9.90. The largest absolute Gasteiger partial charge is 0.372 e. The molecular formula is C25H28N6O4S. The molecule has 2 fully saturated rings. The van der Waals surface area contributed by atoms with Gasteiger partial charge in [-0.15, -0.1) is 5.10 Å². The van der Waals surface area contributed by atoms with Crippen molar-refractivity contribution < 1.29 is 13.2 Å². The van der Waals surface area contributed by atoms with Crippen LogP contribution in [0.2, 0.25) is 0 Å². The van der Waals surface area contributed by atoms with E-state index in [-0.39, 0.29) is 21.2 Å². The summed E-state index contributed by atoms with van der Waals surface area (Å²) in [6, 6.07) is 10.7. The van der Waals surface area contributed by atoms with Gasteiger partial charge in [-0.3, -0.25) is 4.79 Å². The molecule has 0 atom stereocenters. The van der Waals surface area contributed by atoms with Gasteiger partial charge in [0.05, 0.1) is 28.0 Å². The topological polar surface area (TPSA) is 122 Å². The molecule has 6 rings (SSSR count). The fraction of sp³-hybridized carbons (Fsp3) is 0.400. The first-order valence-corrected chi connectivity index (χ1v) is 13.6. The van der Waals surface area contributed by atoms with Crippen LogP contribution in [0.1, 0.15) is 24.0 Å². The predicted molar refractivity (Wildman–Crippen MR) is 135 cm³/mol. The van der Waals surface area contributed by atoms with Crippen LogP contribution < -0.4 is 15.8 Å². The summed E-state index contributed by atoms with van der Waals surface area (Å²) in [6.45, 7) is 7.78. The maximum atomic E-state index is 13.5. The van der Waals surface area contributed by atoms with E-state index in [2.05, 4.69) is 25.5 Å². The van der Waals surface area contributed by atoms with Gasteiger partial charge in [0.15, 0.2) is 5.65 Å². The average Bonchev–Trinajstić information content (AvgIpc) is 3.29. The summed E-state index contributed by atoms with van der Waals surface area (Å²) >= 11 is 0. The summed E-state index contributed by atoms with van der Waals surface area (Å²) in [7, 11) is -4.00. The molecule has 0 radical (unpaired) electrons. The van der Waals surface area contributed by atoms with E-state index < -0.39 is 15.4 Å². The molecule has 2 saturated heterocycles. The molecule has 2 aromatic carbocycles. The predicted octanol–water partition coefficient (Wildman–Crippen LogP) is 1.98. The molecule has 1 spiro atoms. The molecule has 10 nitrogen and oxygen atoms in total. The van der Waals surface area contributed by atoms with Crippen LogP contribution >= 0.6 is 0 Å². The first-order chi connectivity index (χ1) is 17.3. The fourth-order valence-electron chi connectivity index (χ4n) is 5.38.